The van der Waals surface area contributed by atoms with Gasteiger partial charge in [0, 0.05) is 27.8 Å². The molecule has 0 amide bonds. The molecule has 0 atom stereocenters. The molecule has 3 heteroatoms. The molecule has 0 N–H and O–H groups in total. The highest BCUT2D eigenvalue weighted by Crippen LogP contribution is 2.35. The van der Waals surface area contributed by atoms with E-state index in [1.54, 1.807) is 0 Å². The van der Waals surface area contributed by atoms with Crippen molar-refractivity contribution in [3.05, 3.63) is 118 Å². The van der Waals surface area contributed by atoms with Gasteiger partial charge in [-0.3, -0.25) is 9.59 Å². The number of thiophene rings is 1. The highest BCUT2D eigenvalue weighted by atomic mass is 32.1. The molecule has 154 valence electrons. The summed E-state index contributed by atoms with van der Waals surface area (Å²) in [6.07, 6.45) is 0.300. The molecule has 1 aromatic heterocycles. The second-order valence-electron chi connectivity index (χ2n) is 8.11. The van der Waals surface area contributed by atoms with Crippen molar-refractivity contribution in [3.8, 4) is 11.1 Å². The molecule has 0 saturated carbocycles. The summed E-state index contributed by atoms with van der Waals surface area (Å²) in [5, 5.41) is 0. The summed E-state index contributed by atoms with van der Waals surface area (Å²) in [7, 11) is 0. The van der Waals surface area contributed by atoms with Crippen molar-refractivity contribution in [2.75, 3.05) is 0 Å². The number of carbonyl (C=O) groups excluding carboxylic acids is 2. The van der Waals surface area contributed by atoms with Crippen LogP contribution in [-0.2, 0) is 16.6 Å². The molecule has 1 heterocycles. The van der Waals surface area contributed by atoms with E-state index in [2.05, 4.69) is 0 Å². The highest BCUT2D eigenvalue weighted by Gasteiger charge is 2.30. The number of hydrogen-bond donors (Lipinski definition) is 0. The molecule has 0 aliphatic rings. The molecular weight excluding hydrogens is 400 g/mol. The minimum Gasteiger partial charge on any atom is -0.298 e. The third-order valence-electron chi connectivity index (χ3n) is 5.64. The predicted molar refractivity (Wildman–Crippen MR) is 128 cm³/mol. The van der Waals surface area contributed by atoms with Crippen LogP contribution in [0.15, 0.2) is 97.1 Å². The van der Waals surface area contributed by atoms with Crippen LogP contribution in [0.25, 0.3) is 11.1 Å². The van der Waals surface area contributed by atoms with Crippen LogP contribution in [0.5, 0.6) is 0 Å². The van der Waals surface area contributed by atoms with E-state index in [0.29, 0.717) is 16.9 Å². The summed E-state index contributed by atoms with van der Waals surface area (Å²) in [6.45, 7) is 3.93. The molecule has 4 rings (SSSR count). The summed E-state index contributed by atoms with van der Waals surface area (Å²) in [4.78, 5) is 28.1. The highest BCUT2D eigenvalue weighted by molar-refractivity contribution is 7.15. The van der Waals surface area contributed by atoms with Crippen LogP contribution in [0.1, 0.15) is 39.5 Å². The van der Waals surface area contributed by atoms with Gasteiger partial charge in [0.15, 0.2) is 0 Å². The number of Topliss-reactive ketones (excluding diaryl/α,β-unsaturated/α-hetero) is 1. The van der Waals surface area contributed by atoms with Crippen molar-refractivity contribution in [3.63, 3.8) is 0 Å². The van der Waals surface area contributed by atoms with Crippen molar-refractivity contribution in [1.82, 2.24) is 0 Å². The van der Waals surface area contributed by atoms with E-state index < -0.39 is 5.41 Å². The molecular formula is C28H24O2S. The monoisotopic (exact) mass is 424 g/mol. The lowest BCUT2D eigenvalue weighted by Crippen LogP contribution is -2.30. The minimum absolute atomic E-state index is 0.00882. The van der Waals surface area contributed by atoms with E-state index in [-0.39, 0.29) is 11.6 Å². The molecule has 31 heavy (non-hydrogen) atoms. The predicted octanol–water partition coefficient (Wildman–Crippen LogP) is 6.74. The standard InChI is InChI=1S/C28H24O2S/c1-28(2,22-16-10-5-11-17-22)25(29)19-23-18-24(20-12-6-3-7-13-20)27(31-23)26(30)21-14-8-4-9-15-21/h3-18H,19H2,1-2H3. The van der Waals surface area contributed by atoms with Gasteiger partial charge in [-0.25, -0.2) is 0 Å². The molecule has 0 bridgehead atoms. The summed E-state index contributed by atoms with van der Waals surface area (Å²) >= 11 is 1.43. The Morgan fingerprint density at radius 3 is 1.94 bits per heavy atom. The Morgan fingerprint density at radius 2 is 1.32 bits per heavy atom. The van der Waals surface area contributed by atoms with E-state index in [1.165, 1.54) is 11.3 Å². The van der Waals surface area contributed by atoms with Crippen LogP contribution in [0.3, 0.4) is 0 Å². The first-order chi connectivity index (χ1) is 15.0. The van der Waals surface area contributed by atoms with Crippen LogP contribution in [-0.4, -0.2) is 11.6 Å². The SMILES string of the molecule is CC(C)(C(=O)Cc1cc(-c2ccccc2)c(C(=O)c2ccccc2)s1)c1ccccc1. The van der Waals surface area contributed by atoms with Crippen molar-refractivity contribution in [2.45, 2.75) is 25.7 Å². The molecule has 4 aromatic rings. The van der Waals surface area contributed by atoms with Crippen LogP contribution < -0.4 is 0 Å². The van der Waals surface area contributed by atoms with Gasteiger partial charge in [-0.1, -0.05) is 91.0 Å². The van der Waals surface area contributed by atoms with Gasteiger partial charge in [0.2, 0.25) is 5.78 Å². The lowest BCUT2D eigenvalue weighted by molar-refractivity contribution is -0.122. The fraction of sp³-hybridized carbons (Fsp3) is 0.143. The maximum atomic E-state index is 13.3. The van der Waals surface area contributed by atoms with Gasteiger partial charge in [-0.2, -0.15) is 0 Å². The van der Waals surface area contributed by atoms with Crippen molar-refractivity contribution in [2.24, 2.45) is 0 Å². The van der Waals surface area contributed by atoms with Crippen LogP contribution >= 0.6 is 11.3 Å². The zero-order chi connectivity index (χ0) is 21.8. The number of benzene rings is 3. The van der Waals surface area contributed by atoms with Gasteiger partial charge >= 0.3 is 0 Å². The molecule has 3 aromatic carbocycles. The molecule has 0 aliphatic heterocycles. The Bertz CT molecular complexity index is 1190. The fourth-order valence-corrected chi connectivity index (χ4v) is 4.79. The minimum atomic E-state index is -0.595. The smallest absolute Gasteiger partial charge is 0.203 e. The van der Waals surface area contributed by atoms with Gasteiger partial charge in [-0.15, -0.1) is 11.3 Å². The first-order valence-electron chi connectivity index (χ1n) is 10.3. The van der Waals surface area contributed by atoms with E-state index in [9.17, 15) is 9.59 Å². The van der Waals surface area contributed by atoms with E-state index in [1.807, 2.05) is 111 Å². The Kier molecular flexibility index (Phi) is 5.97. The topological polar surface area (TPSA) is 34.1 Å². The third kappa shape index (κ3) is 4.42. The van der Waals surface area contributed by atoms with Crippen LogP contribution in [0.4, 0.5) is 0 Å². The number of rotatable bonds is 7. The second-order valence-corrected chi connectivity index (χ2v) is 9.24. The quantitative estimate of drug-likeness (QED) is 0.308. The lowest BCUT2D eigenvalue weighted by atomic mass is 9.79. The van der Waals surface area contributed by atoms with Crippen molar-refractivity contribution >= 4 is 22.9 Å². The number of ketones is 2. The van der Waals surface area contributed by atoms with Gasteiger partial charge in [0.1, 0.15) is 5.78 Å². The lowest BCUT2D eigenvalue weighted by Gasteiger charge is -2.23. The molecule has 0 aliphatic carbocycles. The molecule has 0 spiro atoms. The third-order valence-corrected chi connectivity index (χ3v) is 6.77. The normalized spacial score (nSPS) is 11.3. The maximum absolute atomic E-state index is 13.3. The molecule has 0 unspecified atom stereocenters. The zero-order valence-electron chi connectivity index (χ0n) is 17.7. The van der Waals surface area contributed by atoms with E-state index >= 15 is 0 Å². The molecule has 0 fully saturated rings. The Balaban J connectivity index is 1.70. The van der Waals surface area contributed by atoms with Crippen molar-refractivity contribution < 1.29 is 9.59 Å². The first-order valence-corrected chi connectivity index (χ1v) is 11.1. The van der Waals surface area contributed by atoms with Gasteiger partial charge in [-0.05, 0) is 31.0 Å². The van der Waals surface area contributed by atoms with Gasteiger partial charge in [0.25, 0.3) is 0 Å². The summed E-state index contributed by atoms with van der Waals surface area (Å²) < 4.78 is 0. The van der Waals surface area contributed by atoms with Crippen LogP contribution in [0, 0.1) is 0 Å². The second kappa shape index (κ2) is 8.83. The van der Waals surface area contributed by atoms with E-state index in [4.69, 9.17) is 0 Å². The largest absolute Gasteiger partial charge is 0.298 e. The summed E-state index contributed by atoms with van der Waals surface area (Å²) in [6, 6.07) is 31.1. The summed E-state index contributed by atoms with van der Waals surface area (Å²) in [5.41, 5.74) is 2.94. The average Bonchev–Trinajstić information content (AvgIpc) is 3.24. The van der Waals surface area contributed by atoms with Crippen LogP contribution in [0.2, 0.25) is 0 Å². The fourth-order valence-electron chi connectivity index (χ4n) is 3.65. The van der Waals surface area contributed by atoms with Gasteiger partial charge < -0.3 is 0 Å². The Labute approximate surface area is 187 Å². The first kappa shape index (κ1) is 21.0. The van der Waals surface area contributed by atoms with E-state index in [0.717, 1.165) is 21.6 Å². The Morgan fingerprint density at radius 1 is 0.774 bits per heavy atom. The Hall–Kier alpha value is -3.30. The average molecular weight is 425 g/mol. The number of hydrogen-bond acceptors (Lipinski definition) is 3. The van der Waals surface area contributed by atoms with Gasteiger partial charge in [0.05, 0.1) is 4.88 Å². The zero-order valence-corrected chi connectivity index (χ0v) is 18.5. The summed E-state index contributed by atoms with van der Waals surface area (Å²) in [5.74, 6) is 0.128. The molecule has 0 saturated heterocycles. The number of carbonyl (C=O) groups is 2. The molecule has 0 radical (unpaired) electrons. The van der Waals surface area contributed by atoms with Crippen molar-refractivity contribution in [1.29, 1.82) is 0 Å². The maximum Gasteiger partial charge on any atom is 0.203 e. The molecule has 2 nitrogen and oxygen atoms in total.